The fraction of sp³-hybridized carbons (Fsp3) is 0.333. The number of carbonyl (C=O) groups excluding carboxylic acids is 4. The normalized spacial score (nSPS) is 18.3. The molecule has 1 unspecified atom stereocenters. The number of piperidine rings is 1. The smallest absolute Gasteiger partial charge is 0.251 e. The molecule has 31 heavy (non-hydrogen) atoms. The zero-order valence-corrected chi connectivity index (χ0v) is 18.0. The minimum Gasteiger partial charge on any atom is -0.343 e. The maximum atomic E-state index is 12.5. The Morgan fingerprint density at radius 1 is 1.03 bits per heavy atom. The van der Waals surface area contributed by atoms with E-state index in [1.165, 1.54) is 0 Å². The summed E-state index contributed by atoms with van der Waals surface area (Å²) < 4.78 is 0. The van der Waals surface area contributed by atoms with Gasteiger partial charge >= 0.3 is 0 Å². The highest BCUT2D eigenvalue weighted by Crippen LogP contribution is 2.36. The predicted molar refractivity (Wildman–Crippen MR) is 118 cm³/mol. The van der Waals surface area contributed by atoms with Crippen molar-refractivity contribution in [2.24, 2.45) is 0 Å². The van der Waals surface area contributed by atoms with Crippen LogP contribution >= 0.6 is 0 Å². The number of carbonyl (C=O) groups is 4. The number of aryl methyl sites for hydroxylation is 2. The number of rotatable bonds is 6. The molecule has 1 aliphatic rings. The molecule has 7 nitrogen and oxygen atoms in total. The van der Waals surface area contributed by atoms with Crippen molar-refractivity contribution in [2.75, 3.05) is 11.9 Å². The zero-order chi connectivity index (χ0) is 22.6. The molecule has 0 saturated carbocycles. The number of hydrogen-bond acceptors (Lipinski definition) is 4. The second kappa shape index (κ2) is 9.12. The van der Waals surface area contributed by atoms with Crippen LogP contribution in [0.5, 0.6) is 0 Å². The fourth-order valence-electron chi connectivity index (χ4n) is 4.01. The molecule has 4 amide bonds. The highest BCUT2D eigenvalue weighted by atomic mass is 16.2. The van der Waals surface area contributed by atoms with E-state index < -0.39 is 5.41 Å². The minimum absolute atomic E-state index is 0.156. The summed E-state index contributed by atoms with van der Waals surface area (Å²) >= 11 is 0. The van der Waals surface area contributed by atoms with Gasteiger partial charge in [-0.1, -0.05) is 36.2 Å². The van der Waals surface area contributed by atoms with Gasteiger partial charge in [-0.25, -0.2) is 0 Å². The van der Waals surface area contributed by atoms with Crippen molar-refractivity contribution in [3.63, 3.8) is 0 Å². The van der Waals surface area contributed by atoms with Crippen LogP contribution in [-0.2, 0) is 19.8 Å². The van der Waals surface area contributed by atoms with Gasteiger partial charge in [0.15, 0.2) is 0 Å². The van der Waals surface area contributed by atoms with E-state index in [0.29, 0.717) is 30.5 Å². The summed E-state index contributed by atoms with van der Waals surface area (Å²) in [7, 11) is 0. The Hall–Kier alpha value is -3.48. The monoisotopic (exact) mass is 421 g/mol. The molecule has 0 radical (unpaired) electrons. The van der Waals surface area contributed by atoms with Crippen LogP contribution in [0.4, 0.5) is 5.69 Å². The predicted octanol–water partition coefficient (Wildman–Crippen LogP) is 2.76. The first-order chi connectivity index (χ1) is 14.7. The third kappa shape index (κ3) is 4.99. The fourth-order valence-corrected chi connectivity index (χ4v) is 4.01. The molecule has 1 aliphatic heterocycles. The Kier molecular flexibility index (Phi) is 6.53. The van der Waals surface area contributed by atoms with Crippen molar-refractivity contribution in [3.05, 3.63) is 64.7 Å². The molecule has 1 atom stereocenters. The van der Waals surface area contributed by atoms with Crippen molar-refractivity contribution in [2.45, 2.75) is 45.4 Å². The van der Waals surface area contributed by atoms with E-state index in [1.807, 2.05) is 26.8 Å². The Morgan fingerprint density at radius 3 is 2.26 bits per heavy atom. The van der Waals surface area contributed by atoms with Crippen molar-refractivity contribution >= 4 is 29.3 Å². The summed E-state index contributed by atoms with van der Waals surface area (Å²) in [6.45, 7) is 5.59. The van der Waals surface area contributed by atoms with Gasteiger partial charge in [-0.05, 0) is 56.5 Å². The Balaban J connectivity index is 1.60. The molecule has 162 valence electrons. The van der Waals surface area contributed by atoms with E-state index in [0.717, 1.165) is 16.7 Å². The first kappa shape index (κ1) is 22.2. The summed E-state index contributed by atoms with van der Waals surface area (Å²) in [6, 6.07) is 12.6. The number of benzene rings is 2. The molecule has 0 bridgehead atoms. The average Bonchev–Trinajstić information content (AvgIpc) is 2.72. The third-order valence-electron chi connectivity index (χ3n) is 5.68. The lowest BCUT2D eigenvalue weighted by molar-refractivity contribution is -0.138. The summed E-state index contributed by atoms with van der Waals surface area (Å²) in [5.41, 5.74) is 3.11. The van der Waals surface area contributed by atoms with Crippen LogP contribution in [0, 0.1) is 13.8 Å². The van der Waals surface area contributed by atoms with E-state index in [9.17, 15) is 19.2 Å². The molecule has 3 rings (SSSR count). The maximum Gasteiger partial charge on any atom is 0.251 e. The third-order valence-corrected chi connectivity index (χ3v) is 5.68. The van der Waals surface area contributed by atoms with Crippen LogP contribution < -0.4 is 16.0 Å². The van der Waals surface area contributed by atoms with E-state index in [4.69, 9.17) is 0 Å². The molecule has 1 heterocycles. The first-order valence-electron chi connectivity index (χ1n) is 10.3. The standard InChI is InChI=1S/C24H27N3O4/c1-4-24(10-9-20(28)27-23(24)31)18-5-7-19(8-6-18)26-21(29)14-25-22(30)17-12-15(2)11-16(3)13-17/h5-8,11-13H,4,9-10,14H2,1-3H3,(H,25,30)(H,26,29)(H,27,28,31). The molecule has 0 aromatic heterocycles. The molecule has 1 saturated heterocycles. The van der Waals surface area contributed by atoms with Crippen LogP contribution in [-0.4, -0.2) is 30.2 Å². The lowest BCUT2D eigenvalue weighted by atomic mass is 9.72. The van der Waals surface area contributed by atoms with Gasteiger partial charge in [0.05, 0.1) is 12.0 Å². The highest BCUT2D eigenvalue weighted by molar-refractivity contribution is 6.03. The highest BCUT2D eigenvalue weighted by Gasteiger charge is 2.42. The summed E-state index contributed by atoms with van der Waals surface area (Å²) in [6.07, 6.45) is 1.34. The van der Waals surface area contributed by atoms with Crippen LogP contribution in [0.25, 0.3) is 0 Å². The second-order valence-corrected chi connectivity index (χ2v) is 8.00. The lowest BCUT2D eigenvalue weighted by Crippen LogP contribution is -2.51. The molecular weight excluding hydrogens is 394 g/mol. The number of anilines is 1. The van der Waals surface area contributed by atoms with Crippen molar-refractivity contribution in [3.8, 4) is 0 Å². The molecule has 2 aromatic rings. The minimum atomic E-state index is -0.740. The first-order valence-corrected chi connectivity index (χ1v) is 10.3. The Labute approximate surface area is 181 Å². The van der Waals surface area contributed by atoms with Gasteiger partial charge in [0.1, 0.15) is 0 Å². The van der Waals surface area contributed by atoms with Gasteiger partial charge in [-0.15, -0.1) is 0 Å². The second-order valence-electron chi connectivity index (χ2n) is 8.00. The largest absolute Gasteiger partial charge is 0.343 e. The molecule has 7 heteroatoms. The summed E-state index contributed by atoms with van der Waals surface area (Å²) in [5, 5.41) is 7.79. The van der Waals surface area contributed by atoms with Crippen LogP contribution in [0.3, 0.4) is 0 Å². The molecular formula is C24H27N3O4. The van der Waals surface area contributed by atoms with Crippen LogP contribution in [0.2, 0.25) is 0 Å². The van der Waals surface area contributed by atoms with Gasteiger partial charge in [-0.3, -0.25) is 24.5 Å². The lowest BCUT2D eigenvalue weighted by Gasteiger charge is -2.35. The van der Waals surface area contributed by atoms with Crippen molar-refractivity contribution in [1.29, 1.82) is 0 Å². The van der Waals surface area contributed by atoms with E-state index in [2.05, 4.69) is 16.0 Å². The van der Waals surface area contributed by atoms with E-state index >= 15 is 0 Å². The van der Waals surface area contributed by atoms with E-state index in [-0.39, 0.29) is 30.2 Å². The topological polar surface area (TPSA) is 104 Å². The van der Waals surface area contributed by atoms with Gasteiger partial charge in [-0.2, -0.15) is 0 Å². The van der Waals surface area contributed by atoms with E-state index in [1.54, 1.807) is 36.4 Å². The Morgan fingerprint density at radius 2 is 1.68 bits per heavy atom. The number of amides is 4. The zero-order valence-electron chi connectivity index (χ0n) is 18.0. The SMILES string of the molecule is CCC1(c2ccc(NC(=O)CNC(=O)c3cc(C)cc(C)c3)cc2)CCC(=O)NC1=O. The molecule has 0 aliphatic carbocycles. The Bertz CT molecular complexity index is 1010. The van der Waals surface area contributed by atoms with Gasteiger partial charge < -0.3 is 10.6 Å². The number of imide groups is 1. The van der Waals surface area contributed by atoms with Crippen molar-refractivity contribution < 1.29 is 19.2 Å². The molecule has 0 spiro atoms. The maximum absolute atomic E-state index is 12.5. The van der Waals surface area contributed by atoms with Gasteiger partial charge in [0.2, 0.25) is 17.7 Å². The summed E-state index contributed by atoms with van der Waals surface area (Å²) in [4.78, 5) is 48.5. The average molecular weight is 421 g/mol. The molecule has 2 aromatic carbocycles. The number of nitrogens with one attached hydrogen (secondary N) is 3. The molecule has 1 fully saturated rings. The molecule has 3 N–H and O–H groups in total. The van der Waals surface area contributed by atoms with Gasteiger partial charge in [0.25, 0.3) is 5.91 Å². The quantitative estimate of drug-likeness (QED) is 0.624. The van der Waals surface area contributed by atoms with Gasteiger partial charge in [0, 0.05) is 17.7 Å². The summed E-state index contributed by atoms with van der Waals surface area (Å²) in [5.74, 6) is -1.19. The number of hydrogen-bond donors (Lipinski definition) is 3. The van der Waals surface area contributed by atoms with Crippen LogP contribution in [0.15, 0.2) is 42.5 Å². The van der Waals surface area contributed by atoms with Crippen molar-refractivity contribution in [1.82, 2.24) is 10.6 Å². The van der Waals surface area contributed by atoms with Crippen LogP contribution in [0.1, 0.15) is 53.2 Å².